The molecule has 1 aliphatic rings. The summed E-state index contributed by atoms with van der Waals surface area (Å²) in [6, 6.07) is 5.58. The fraction of sp³-hybridized carbons (Fsp3) is 0.444. The normalized spacial score (nSPS) is 17.2. The van der Waals surface area contributed by atoms with Gasteiger partial charge in [0.15, 0.2) is 16.6 Å². The van der Waals surface area contributed by atoms with Gasteiger partial charge in [0.05, 0.1) is 26.0 Å². The Morgan fingerprint density at radius 3 is 2.76 bits per heavy atom. The second-order valence-corrected chi connectivity index (χ2v) is 7.19. The number of amides is 1. The molecule has 2 aromatic rings. The van der Waals surface area contributed by atoms with Crippen molar-refractivity contribution in [2.24, 2.45) is 0 Å². The van der Waals surface area contributed by atoms with E-state index in [2.05, 4.69) is 15.6 Å². The summed E-state index contributed by atoms with van der Waals surface area (Å²) in [5, 5.41) is 6.82. The second kappa shape index (κ2) is 7.84. The minimum absolute atomic E-state index is 0.00712. The molecule has 2 N–H and O–H groups in total. The maximum absolute atomic E-state index is 12.4. The van der Waals surface area contributed by atoms with Gasteiger partial charge in [-0.25, -0.2) is 4.98 Å². The van der Waals surface area contributed by atoms with Gasteiger partial charge in [-0.05, 0) is 44.5 Å². The Balaban J connectivity index is 1.79. The van der Waals surface area contributed by atoms with E-state index in [0.29, 0.717) is 16.6 Å². The van der Waals surface area contributed by atoms with Crippen LogP contribution in [0.4, 0.5) is 5.13 Å². The van der Waals surface area contributed by atoms with Gasteiger partial charge in [-0.15, -0.1) is 11.3 Å². The Morgan fingerprint density at radius 2 is 2.08 bits per heavy atom. The minimum atomic E-state index is -0.123. The van der Waals surface area contributed by atoms with Crippen LogP contribution in [0.1, 0.15) is 24.1 Å². The molecule has 0 bridgehead atoms. The van der Waals surface area contributed by atoms with Crippen molar-refractivity contribution >= 4 is 22.4 Å². The van der Waals surface area contributed by atoms with Gasteiger partial charge in [-0.1, -0.05) is 6.42 Å². The Morgan fingerprint density at radius 1 is 1.28 bits per heavy atom. The smallest absolute Gasteiger partial charge is 0.243 e. The maximum atomic E-state index is 12.4. The van der Waals surface area contributed by atoms with Crippen molar-refractivity contribution in [2.75, 3.05) is 26.1 Å². The summed E-state index contributed by atoms with van der Waals surface area (Å²) in [6.45, 7) is 2.89. The number of nitrogens with zero attached hydrogens (tertiary/aromatic N) is 1. The van der Waals surface area contributed by atoms with E-state index in [9.17, 15) is 4.79 Å². The molecule has 1 amide bonds. The van der Waals surface area contributed by atoms with Crippen LogP contribution < -0.4 is 20.1 Å². The number of ether oxygens (including phenoxy) is 2. The van der Waals surface area contributed by atoms with Crippen LogP contribution in [-0.4, -0.2) is 37.7 Å². The van der Waals surface area contributed by atoms with Crippen LogP contribution in [0, 0.1) is 6.92 Å². The van der Waals surface area contributed by atoms with Gasteiger partial charge in [0, 0.05) is 10.4 Å². The van der Waals surface area contributed by atoms with Crippen molar-refractivity contribution < 1.29 is 14.3 Å². The number of benzene rings is 1. The number of aromatic nitrogens is 1. The summed E-state index contributed by atoms with van der Waals surface area (Å²) in [6.07, 6.45) is 3.08. The highest BCUT2D eigenvalue weighted by atomic mass is 32.1. The number of methoxy groups -OCH3 is 2. The van der Waals surface area contributed by atoms with Gasteiger partial charge in [-0.3, -0.25) is 4.79 Å². The molecule has 3 rings (SSSR count). The van der Waals surface area contributed by atoms with Gasteiger partial charge in [-0.2, -0.15) is 0 Å². The zero-order valence-electron chi connectivity index (χ0n) is 14.7. The number of rotatable bonds is 5. The number of anilines is 1. The van der Waals surface area contributed by atoms with E-state index in [-0.39, 0.29) is 11.9 Å². The van der Waals surface area contributed by atoms with Crippen LogP contribution in [0.3, 0.4) is 0 Å². The van der Waals surface area contributed by atoms with E-state index in [1.165, 1.54) is 11.3 Å². The first-order valence-corrected chi connectivity index (χ1v) is 9.18. The standard InChI is InChI=1S/C18H23N3O3S/c1-11-16(12-7-8-14(23-2)15(10-12)24-3)20-18(25-11)21-17(22)13-6-4-5-9-19-13/h7-8,10,13,19H,4-6,9H2,1-3H3,(H,20,21,22)/t13-/m0/s1. The molecule has 0 saturated carbocycles. The van der Waals surface area contributed by atoms with Gasteiger partial charge >= 0.3 is 0 Å². The molecule has 1 aromatic heterocycles. The highest BCUT2D eigenvalue weighted by Crippen LogP contribution is 2.36. The fourth-order valence-corrected chi connectivity index (χ4v) is 3.81. The van der Waals surface area contributed by atoms with Crippen molar-refractivity contribution in [1.82, 2.24) is 10.3 Å². The molecular weight excluding hydrogens is 338 g/mol. The van der Waals surface area contributed by atoms with Crippen LogP contribution in [0.5, 0.6) is 11.5 Å². The molecule has 0 spiro atoms. The fourth-order valence-electron chi connectivity index (χ4n) is 2.97. The number of hydrogen-bond donors (Lipinski definition) is 2. The number of piperidine rings is 1. The number of aryl methyl sites for hydroxylation is 1. The molecule has 1 atom stereocenters. The van der Waals surface area contributed by atoms with Crippen molar-refractivity contribution in [3.05, 3.63) is 23.1 Å². The molecule has 134 valence electrons. The van der Waals surface area contributed by atoms with E-state index in [0.717, 1.165) is 41.9 Å². The topological polar surface area (TPSA) is 72.5 Å². The SMILES string of the molecule is COc1ccc(-c2nc(NC(=O)[C@@H]3CCCCN3)sc2C)cc1OC. The molecule has 2 heterocycles. The predicted molar refractivity (Wildman–Crippen MR) is 99.7 cm³/mol. The molecule has 0 unspecified atom stereocenters. The molecule has 7 heteroatoms. The third-order valence-corrected chi connectivity index (χ3v) is 5.20. The summed E-state index contributed by atoms with van der Waals surface area (Å²) in [5.74, 6) is 1.33. The quantitative estimate of drug-likeness (QED) is 0.855. The molecule has 25 heavy (non-hydrogen) atoms. The van der Waals surface area contributed by atoms with E-state index in [1.807, 2.05) is 25.1 Å². The van der Waals surface area contributed by atoms with Crippen LogP contribution in [0.15, 0.2) is 18.2 Å². The van der Waals surface area contributed by atoms with Crippen molar-refractivity contribution in [1.29, 1.82) is 0 Å². The second-order valence-electron chi connectivity index (χ2n) is 5.99. The molecule has 6 nitrogen and oxygen atoms in total. The summed E-state index contributed by atoms with van der Waals surface area (Å²) in [5.41, 5.74) is 1.78. The third-order valence-electron chi connectivity index (χ3n) is 4.31. The molecule has 1 fully saturated rings. The molecule has 1 saturated heterocycles. The van der Waals surface area contributed by atoms with E-state index in [4.69, 9.17) is 9.47 Å². The average Bonchev–Trinajstić information content (AvgIpc) is 3.01. The lowest BCUT2D eigenvalue weighted by molar-refractivity contribution is -0.118. The van der Waals surface area contributed by atoms with Crippen molar-refractivity contribution in [2.45, 2.75) is 32.2 Å². The zero-order valence-corrected chi connectivity index (χ0v) is 15.5. The summed E-state index contributed by atoms with van der Waals surface area (Å²) >= 11 is 1.48. The average molecular weight is 361 g/mol. The van der Waals surface area contributed by atoms with E-state index >= 15 is 0 Å². The van der Waals surface area contributed by atoms with Crippen molar-refractivity contribution in [3.8, 4) is 22.8 Å². The molecular formula is C18H23N3O3S. The van der Waals surface area contributed by atoms with Crippen molar-refractivity contribution in [3.63, 3.8) is 0 Å². The molecule has 0 aliphatic carbocycles. The monoisotopic (exact) mass is 361 g/mol. The molecule has 0 radical (unpaired) electrons. The van der Waals surface area contributed by atoms with Gasteiger partial charge in [0.1, 0.15) is 0 Å². The Labute approximate surface area is 151 Å². The van der Waals surface area contributed by atoms with Crippen LogP contribution in [-0.2, 0) is 4.79 Å². The number of nitrogens with one attached hydrogen (secondary N) is 2. The first-order chi connectivity index (χ1) is 12.1. The predicted octanol–water partition coefficient (Wildman–Crippen LogP) is 3.22. The summed E-state index contributed by atoms with van der Waals surface area (Å²) < 4.78 is 10.6. The minimum Gasteiger partial charge on any atom is -0.493 e. The Hall–Kier alpha value is -2.12. The number of thiazole rings is 1. The van der Waals surface area contributed by atoms with Gasteiger partial charge < -0.3 is 20.1 Å². The Bertz CT molecular complexity index is 754. The molecule has 1 aliphatic heterocycles. The summed E-state index contributed by atoms with van der Waals surface area (Å²) in [7, 11) is 3.22. The zero-order chi connectivity index (χ0) is 17.8. The highest BCUT2D eigenvalue weighted by molar-refractivity contribution is 7.16. The van der Waals surface area contributed by atoms with Crippen LogP contribution in [0.25, 0.3) is 11.3 Å². The Kier molecular flexibility index (Phi) is 5.55. The lowest BCUT2D eigenvalue weighted by atomic mass is 10.0. The van der Waals surface area contributed by atoms with Crippen LogP contribution in [0.2, 0.25) is 0 Å². The summed E-state index contributed by atoms with van der Waals surface area (Å²) in [4.78, 5) is 18.0. The van der Waals surface area contributed by atoms with E-state index < -0.39 is 0 Å². The first-order valence-electron chi connectivity index (χ1n) is 8.36. The molecule has 1 aromatic carbocycles. The van der Waals surface area contributed by atoms with E-state index in [1.54, 1.807) is 14.2 Å². The maximum Gasteiger partial charge on any atom is 0.243 e. The largest absolute Gasteiger partial charge is 0.493 e. The number of carbonyl (C=O) groups excluding carboxylic acids is 1. The van der Waals surface area contributed by atoms with Gasteiger partial charge in [0.2, 0.25) is 5.91 Å². The third kappa shape index (κ3) is 3.93. The highest BCUT2D eigenvalue weighted by Gasteiger charge is 2.22. The lowest BCUT2D eigenvalue weighted by Gasteiger charge is -2.21. The number of carbonyl (C=O) groups is 1. The number of hydrogen-bond acceptors (Lipinski definition) is 6. The van der Waals surface area contributed by atoms with Crippen LogP contribution >= 0.6 is 11.3 Å². The first kappa shape index (κ1) is 17.7. The lowest BCUT2D eigenvalue weighted by Crippen LogP contribution is -2.43. The van der Waals surface area contributed by atoms with Gasteiger partial charge in [0.25, 0.3) is 0 Å².